The molecule has 1 atom stereocenters. The number of hydrogen-bond donors (Lipinski definition) is 2. The van der Waals surface area contributed by atoms with Crippen LogP contribution in [0.2, 0.25) is 0 Å². The maximum absolute atomic E-state index is 13.0. The Kier molecular flexibility index (Phi) is 9.31. The van der Waals surface area contributed by atoms with E-state index in [4.69, 9.17) is 0 Å². The summed E-state index contributed by atoms with van der Waals surface area (Å²) in [4.78, 5) is 32.8. The van der Waals surface area contributed by atoms with E-state index >= 15 is 0 Å². The van der Waals surface area contributed by atoms with E-state index in [-0.39, 0.29) is 37.3 Å². The number of carbonyl (C=O) groups excluding carboxylic acids is 1. The molecule has 200 valence electrons. The van der Waals surface area contributed by atoms with Crippen molar-refractivity contribution in [2.75, 3.05) is 19.6 Å². The van der Waals surface area contributed by atoms with Gasteiger partial charge in [0.2, 0.25) is 0 Å². The molecule has 0 bridgehead atoms. The number of imidazole rings is 1. The smallest absolute Gasteiger partial charge is 0.326 e. The maximum Gasteiger partial charge on any atom is 0.326 e. The van der Waals surface area contributed by atoms with Gasteiger partial charge in [-0.15, -0.1) is 0 Å². The molecular formula is C30H37N5O2S. The molecule has 0 saturated carbocycles. The van der Waals surface area contributed by atoms with Gasteiger partial charge in [-0.2, -0.15) is 13.5 Å². The summed E-state index contributed by atoms with van der Waals surface area (Å²) in [5.41, 5.74) is 4.23. The largest absolute Gasteiger partial charge is 0.336 e. The van der Waals surface area contributed by atoms with Crippen molar-refractivity contribution in [1.82, 2.24) is 24.7 Å². The summed E-state index contributed by atoms with van der Waals surface area (Å²) in [5.74, 6) is 0. The van der Waals surface area contributed by atoms with Gasteiger partial charge in [0.15, 0.2) is 0 Å². The number of nitrogens with zero attached hydrogens (tertiary/aromatic N) is 3. The highest BCUT2D eigenvalue weighted by Gasteiger charge is 2.26. The molecule has 5 rings (SSSR count). The molecule has 7 nitrogen and oxygen atoms in total. The SMILES string of the molecule is C[C@@H](CNC(=O)N1CCC(n2c(=O)[nH]c3ccccc32)CC1)N(Cc1ccccc1)Cc1ccccc1.S. The zero-order chi connectivity index (χ0) is 25.6. The Hall–Kier alpha value is -3.49. The first-order valence-electron chi connectivity index (χ1n) is 13.1. The van der Waals surface area contributed by atoms with E-state index in [1.165, 1.54) is 11.1 Å². The molecule has 0 spiro atoms. The number of rotatable bonds is 8. The van der Waals surface area contributed by atoms with Crippen LogP contribution in [0, 0.1) is 0 Å². The second kappa shape index (κ2) is 12.8. The molecule has 0 unspecified atom stereocenters. The van der Waals surface area contributed by atoms with Crippen LogP contribution >= 0.6 is 13.5 Å². The number of aromatic nitrogens is 2. The Morgan fingerprint density at radius 3 is 2.08 bits per heavy atom. The molecule has 38 heavy (non-hydrogen) atoms. The zero-order valence-electron chi connectivity index (χ0n) is 21.8. The Balaban J connectivity index is 0.00000336. The lowest BCUT2D eigenvalue weighted by Gasteiger charge is -2.34. The van der Waals surface area contributed by atoms with E-state index in [2.05, 4.69) is 70.7 Å². The minimum atomic E-state index is -0.0742. The minimum Gasteiger partial charge on any atom is -0.336 e. The predicted octanol–water partition coefficient (Wildman–Crippen LogP) is 4.88. The topological polar surface area (TPSA) is 73.4 Å². The van der Waals surface area contributed by atoms with Crippen molar-refractivity contribution in [3.05, 3.63) is 107 Å². The van der Waals surface area contributed by atoms with Crippen LogP contribution in [0.5, 0.6) is 0 Å². The van der Waals surface area contributed by atoms with Crippen LogP contribution in [-0.2, 0) is 13.1 Å². The van der Waals surface area contributed by atoms with E-state index in [9.17, 15) is 9.59 Å². The standard InChI is InChI=1S/C30H35N5O2.H2S/c1-23(34(21-24-10-4-2-5-11-24)22-25-12-6-3-7-13-25)20-31-29(36)33-18-16-26(17-19-33)35-28-15-9-8-14-27(28)32-30(35)37;/h2-15,23,26H,16-22H2,1H3,(H,31,36)(H,32,37);1H2/t23-;/m0./s1. The van der Waals surface area contributed by atoms with Gasteiger partial charge in [0.25, 0.3) is 0 Å². The molecule has 0 radical (unpaired) electrons. The van der Waals surface area contributed by atoms with E-state index in [0.717, 1.165) is 37.0 Å². The number of amides is 2. The van der Waals surface area contributed by atoms with Gasteiger partial charge in [-0.1, -0.05) is 72.8 Å². The summed E-state index contributed by atoms with van der Waals surface area (Å²) in [6.45, 7) is 5.64. The van der Waals surface area contributed by atoms with Gasteiger partial charge in [-0.25, -0.2) is 9.59 Å². The third-order valence-electron chi connectivity index (χ3n) is 7.37. The fraction of sp³-hybridized carbons (Fsp3) is 0.333. The quantitative estimate of drug-likeness (QED) is 0.340. The first kappa shape index (κ1) is 27.5. The van der Waals surface area contributed by atoms with Crippen LogP contribution in [0.25, 0.3) is 11.0 Å². The maximum atomic E-state index is 13.0. The van der Waals surface area contributed by atoms with E-state index in [1.807, 2.05) is 45.9 Å². The Labute approximate surface area is 230 Å². The molecule has 2 heterocycles. The Bertz CT molecular complexity index is 1320. The molecule has 1 aliphatic heterocycles. The molecule has 4 aromatic rings. The van der Waals surface area contributed by atoms with Crippen LogP contribution in [-0.4, -0.2) is 51.1 Å². The molecular weight excluding hydrogens is 494 g/mol. The predicted molar refractivity (Wildman–Crippen MR) is 158 cm³/mol. The van der Waals surface area contributed by atoms with Gasteiger partial charge in [0.1, 0.15) is 0 Å². The van der Waals surface area contributed by atoms with Gasteiger partial charge >= 0.3 is 11.7 Å². The number of aromatic amines is 1. The summed E-state index contributed by atoms with van der Waals surface area (Å²) < 4.78 is 1.86. The third-order valence-corrected chi connectivity index (χ3v) is 7.37. The van der Waals surface area contributed by atoms with Crippen LogP contribution in [0.4, 0.5) is 4.79 Å². The number of fused-ring (bicyclic) bond motifs is 1. The highest BCUT2D eigenvalue weighted by atomic mass is 32.1. The van der Waals surface area contributed by atoms with Crippen molar-refractivity contribution >= 4 is 30.6 Å². The van der Waals surface area contributed by atoms with Gasteiger partial charge in [0, 0.05) is 44.8 Å². The van der Waals surface area contributed by atoms with Crippen LogP contribution in [0.15, 0.2) is 89.7 Å². The highest BCUT2D eigenvalue weighted by molar-refractivity contribution is 7.59. The fourth-order valence-corrected chi connectivity index (χ4v) is 5.24. The molecule has 1 saturated heterocycles. The second-order valence-electron chi connectivity index (χ2n) is 9.95. The number of urea groups is 1. The van der Waals surface area contributed by atoms with Crippen LogP contribution in [0.1, 0.15) is 36.9 Å². The number of nitrogens with one attached hydrogen (secondary N) is 2. The van der Waals surface area contributed by atoms with Crippen LogP contribution < -0.4 is 11.0 Å². The van der Waals surface area contributed by atoms with Crippen molar-refractivity contribution < 1.29 is 4.79 Å². The molecule has 0 aliphatic carbocycles. The van der Waals surface area contributed by atoms with Gasteiger partial charge in [-0.3, -0.25) is 9.47 Å². The number of hydrogen-bond acceptors (Lipinski definition) is 3. The average molecular weight is 532 g/mol. The van der Waals surface area contributed by atoms with Crippen molar-refractivity contribution in [1.29, 1.82) is 0 Å². The summed E-state index contributed by atoms with van der Waals surface area (Å²) in [7, 11) is 0. The first-order valence-corrected chi connectivity index (χ1v) is 13.1. The van der Waals surface area contributed by atoms with E-state index < -0.39 is 0 Å². The number of benzene rings is 3. The number of likely N-dealkylation sites (tertiary alicyclic amines) is 1. The lowest BCUT2D eigenvalue weighted by atomic mass is 10.0. The van der Waals surface area contributed by atoms with E-state index in [1.54, 1.807) is 0 Å². The molecule has 1 aliphatic rings. The van der Waals surface area contributed by atoms with Crippen molar-refractivity contribution in [2.45, 2.75) is 44.9 Å². The minimum absolute atomic E-state index is 0. The Morgan fingerprint density at radius 2 is 1.47 bits per heavy atom. The van der Waals surface area contributed by atoms with Gasteiger partial charge < -0.3 is 15.2 Å². The summed E-state index contributed by atoms with van der Waals surface area (Å²) in [6, 6.07) is 28.9. The number of piperidine rings is 1. The lowest BCUT2D eigenvalue weighted by molar-refractivity contribution is 0.159. The first-order chi connectivity index (χ1) is 18.1. The van der Waals surface area contributed by atoms with Gasteiger partial charge in [0.05, 0.1) is 11.0 Å². The average Bonchev–Trinajstić information content (AvgIpc) is 3.28. The molecule has 3 aromatic carbocycles. The monoisotopic (exact) mass is 531 g/mol. The second-order valence-corrected chi connectivity index (χ2v) is 9.95. The number of carbonyl (C=O) groups is 1. The van der Waals surface area contributed by atoms with E-state index in [0.29, 0.717) is 19.6 Å². The summed E-state index contributed by atoms with van der Waals surface area (Å²) in [5, 5.41) is 3.17. The fourth-order valence-electron chi connectivity index (χ4n) is 5.24. The van der Waals surface area contributed by atoms with Gasteiger partial charge in [-0.05, 0) is 43.0 Å². The number of H-pyrrole nitrogens is 1. The molecule has 2 amide bonds. The number of para-hydroxylation sites is 2. The van der Waals surface area contributed by atoms with Crippen LogP contribution in [0.3, 0.4) is 0 Å². The Morgan fingerprint density at radius 1 is 0.921 bits per heavy atom. The zero-order valence-corrected chi connectivity index (χ0v) is 22.8. The molecule has 2 N–H and O–H groups in total. The lowest BCUT2D eigenvalue weighted by Crippen LogP contribution is -2.49. The van der Waals surface area contributed by atoms with Crippen molar-refractivity contribution in [2.24, 2.45) is 0 Å². The normalized spacial score (nSPS) is 14.8. The molecule has 8 heteroatoms. The molecule has 1 fully saturated rings. The summed E-state index contributed by atoms with van der Waals surface area (Å²) in [6.07, 6.45) is 1.53. The van der Waals surface area contributed by atoms with Crippen molar-refractivity contribution in [3.8, 4) is 0 Å². The highest BCUT2D eigenvalue weighted by Crippen LogP contribution is 2.25. The molecule has 1 aromatic heterocycles. The third kappa shape index (κ3) is 6.49. The summed E-state index contributed by atoms with van der Waals surface area (Å²) >= 11 is 0. The van der Waals surface area contributed by atoms with Crippen molar-refractivity contribution in [3.63, 3.8) is 0 Å².